The lowest BCUT2D eigenvalue weighted by atomic mass is 10.0. The summed E-state index contributed by atoms with van der Waals surface area (Å²) in [5, 5.41) is 10.9. The van der Waals surface area contributed by atoms with Crippen LogP contribution in [0.2, 0.25) is 0 Å². The van der Waals surface area contributed by atoms with Gasteiger partial charge in [-0.1, -0.05) is 24.3 Å². The van der Waals surface area contributed by atoms with Crippen LogP contribution in [0.5, 0.6) is 5.75 Å². The Morgan fingerprint density at radius 1 is 0.952 bits per heavy atom. The van der Waals surface area contributed by atoms with Crippen LogP contribution < -0.4 is 0 Å². The molecule has 0 spiro atoms. The molecule has 1 aromatic heterocycles. The average molecular weight is 278 g/mol. The number of aromatic nitrogens is 2. The monoisotopic (exact) mass is 278 g/mol. The predicted octanol–water partition coefficient (Wildman–Crippen LogP) is 4.23. The van der Waals surface area contributed by atoms with E-state index < -0.39 is 0 Å². The summed E-state index contributed by atoms with van der Waals surface area (Å²) in [6.45, 7) is 0. The Bertz CT molecular complexity index is 975. The number of benzene rings is 3. The molecule has 4 heteroatoms. The summed E-state index contributed by atoms with van der Waals surface area (Å²) >= 11 is 0. The second-order valence-electron chi connectivity index (χ2n) is 4.93. The highest BCUT2D eigenvalue weighted by Crippen LogP contribution is 2.30. The van der Waals surface area contributed by atoms with Crippen molar-refractivity contribution in [1.29, 1.82) is 0 Å². The van der Waals surface area contributed by atoms with Gasteiger partial charge in [-0.25, -0.2) is 9.37 Å². The van der Waals surface area contributed by atoms with E-state index in [2.05, 4.69) is 9.97 Å². The minimum absolute atomic E-state index is 0.182. The fourth-order valence-electron chi connectivity index (χ4n) is 2.59. The highest BCUT2D eigenvalue weighted by atomic mass is 19.1. The molecule has 0 aliphatic heterocycles. The Kier molecular flexibility index (Phi) is 2.44. The topological polar surface area (TPSA) is 48.9 Å². The van der Waals surface area contributed by atoms with Gasteiger partial charge >= 0.3 is 0 Å². The molecule has 0 bridgehead atoms. The van der Waals surface area contributed by atoms with Gasteiger partial charge in [0.2, 0.25) is 0 Å². The van der Waals surface area contributed by atoms with Crippen LogP contribution in [0.25, 0.3) is 33.2 Å². The van der Waals surface area contributed by atoms with Crippen molar-refractivity contribution < 1.29 is 9.50 Å². The third-order valence-corrected chi connectivity index (χ3v) is 3.59. The van der Waals surface area contributed by atoms with Gasteiger partial charge in [0.1, 0.15) is 17.4 Å². The van der Waals surface area contributed by atoms with Gasteiger partial charge in [0.15, 0.2) is 0 Å². The SMILES string of the molecule is Oc1ccc2nc(-c3ccc(F)c4ccccc34)[nH]c2c1. The summed E-state index contributed by atoms with van der Waals surface area (Å²) < 4.78 is 13.9. The molecule has 4 aromatic rings. The molecule has 3 nitrogen and oxygen atoms in total. The smallest absolute Gasteiger partial charge is 0.139 e. The van der Waals surface area contributed by atoms with Gasteiger partial charge in [0, 0.05) is 17.0 Å². The van der Waals surface area contributed by atoms with Gasteiger partial charge in [0.25, 0.3) is 0 Å². The highest BCUT2D eigenvalue weighted by molar-refractivity contribution is 5.96. The average Bonchev–Trinajstić information content (AvgIpc) is 2.90. The summed E-state index contributed by atoms with van der Waals surface area (Å²) in [6, 6.07) is 15.4. The second kappa shape index (κ2) is 4.31. The first-order valence-electron chi connectivity index (χ1n) is 6.59. The van der Waals surface area contributed by atoms with E-state index in [1.807, 2.05) is 18.2 Å². The Hall–Kier alpha value is -2.88. The maximum atomic E-state index is 13.9. The zero-order chi connectivity index (χ0) is 14.4. The number of nitrogens with zero attached hydrogens (tertiary/aromatic N) is 1. The Morgan fingerprint density at radius 2 is 1.76 bits per heavy atom. The second-order valence-corrected chi connectivity index (χ2v) is 4.93. The molecule has 0 saturated heterocycles. The number of hydrogen-bond acceptors (Lipinski definition) is 2. The number of H-pyrrole nitrogens is 1. The number of aromatic amines is 1. The molecule has 3 aromatic carbocycles. The molecule has 4 rings (SSSR count). The Labute approximate surface area is 119 Å². The number of imidazole rings is 1. The summed E-state index contributed by atoms with van der Waals surface area (Å²) in [5.41, 5.74) is 2.34. The third-order valence-electron chi connectivity index (χ3n) is 3.59. The van der Waals surface area contributed by atoms with Crippen molar-refractivity contribution in [1.82, 2.24) is 9.97 Å². The van der Waals surface area contributed by atoms with Gasteiger partial charge in [-0.15, -0.1) is 0 Å². The van der Waals surface area contributed by atoms with Gasteiger partial charge in [0.05, 0.1) is 11.0 Å². The first kappa shape index (κ1) is 11.9. The van der Waals surface area contributed by atoms with Crippen LogP contribution in [0, 0.1) is 5.82 Å². The van der Waals surface area contributed by atoms with Crippen LogP contribution in [0.3, 0.4) is 0 Å². The lowest BCUT2D eigenvalue weighted by molar-refractivity contribution is 0.476. The molecule has 102 valence electrons. The van der Waals surface area contributed by atoms with Gasteiger partial charge in [-0.3, -0.25) is 0 Å². The van der Waals surface area contributed by atoms with E-state index in [0.717, 1.165) is 22.0 Å². The molecule has 0 atom stereocenters. The van der Waals surface area contributed by atoms with Crippen LogP contribution in [-0.4, -0.2) is 15.1 Å². The van der Waals surface area contributed by atoms with Crippen molar-refractivity contribution in [2.75, 3.05) is 0 Å². The van der Waals surface area contributed by atoms with E-state index in [-0.39, 0.29) is 11.6 Å². The van der Waals surface area contributed by atoms with E-state index in [0.29, 0.717) is 11.2 Å². The van der Waals surface area contributed by atoms with Gasteiger partial charge in [-0.2, -0.15) is 0 Å². The minimum Gasteiger partial charge on any atom is -0.508 e. The van der Waals surface area contributed by atoms with Crippen LogP contribution in [0.4, 0.5) is 4.39 Å². The number of phenols is 1. The summed E-state index contributed by atoms with van der Waals surface area (Å²) in [4.78, 5) is 7.69. The van der Waals surface area contributed by atoms with Crippen molar-refractivity contribution in [2.45, 2.75) is 0 Å². The standard InChI is InChI=1S/C17H11FN2O/c18-14-7-6-13(11-3-1-2-4-12(11)14)17-19-15-8-5-10(21)9-16(15)20-17/h1-9,21H,(H,19,20). The maximum absolute atomic E-state index is 13.9. The fraction of sp³-hybridized carbons (Fsp3) is 0. The Morgan fingerprint density at radius 3 is 2.62 bits per heavy atom. The third kappa shape index (κ3) is 1.84. The largest absolute Gasteiger partial charge is 0.508 e. The number of nitrogens with one attached hydrogen (secondary N) is 1. The summed E-state index contributed by atoms with van der Waals surface area (Å²) in [5.74, 6) is 0.594. The number of fused-ring (bicyclic) bond motifs is 2. The van der Waals surface area contributed by atoms with Crippen LogP contribution in [0.15, 0.2) is 54.6 Å². The van der Waals surface area contributed by atoms with Crippen molar-refractivity contribution in [3.05, 3.63) is 60.4 Å². The number of phenolic OH excluding ortho intramolecular Hbond substituents is 1. The van der Waals surface area contributed by atoms with E-state index in [4.69, 9.17) is 0 Å². The van der Waals surface area contributed by atoms with E-state index in [1.165, 1.54) is 6.07 Å². The zero-order valence-electron chi connectivity index (χ0n) is 11.0. The van der Waals surface area contributed by atoms with E-state index >= 15 is 0 Å². The molecule has 0 aliphatic carbocycles. The van der Waals surface area contributed by atoms with Crippen molar-refractivity contribution in [3.63, 3.8) is 0 Å². The Balaban J connectivity index is 2.02. The van der Waals surface area contributed by atoms with Crippen molar-refractivity contribution >= 4 is 21.8 Å². The lowest BCUT2D eigenvalue weighted by Gasteiger charge is -2.04. The molecular weight excluding hydrogens is 267 g/mol. The number of rotatable bonds is 1. The normalized spacial score (nSPS) is 11.3. The maximum Gasteiger partial charge on any atom is 0.139 e. The minimum atomic E-state index is -0.247. The lowest BCUT2D eigenvalue weighted by Crippen LogP contribution is -1.86. The van der Waals surface area contributed by atoms with Crippen LogP contribution in [-0.2, 0) is 0 Å². The molecule has 0 unspecified atom stereocenters. The molecule has 0 fully saturated rings. The highest BCUT2D eigenvalue weighted by Gasteiger charge is 2.11. The van der Waals surface area contributed by atoms with E-state index in [1.54, 1.807) is 30.3 Å². The number of aromatic hydroxyl groups is 1. The molecule has 0 radical (unpaired) electrons. The summed E-state index contributed by atoms with van der Waals surface area (Å²) in [6.07, 6.45) is 0. The first-order chi connectivity index (χ1) is 10.2. The zero-order valence-corrected chi connectivity index (χ0v) is 11.0. The summed E-state index contributed by atoms with van der Waals surface area (Å²) in [7, 11) is 0. The predicted molar refractivity (Wildman–Crippen MR) is 80.7 cm³/mol. The van der Waals surface area contributed by atoms with Crippen molar-refractivity contribution in [3.8, 4) is 17.1 Å². The first-order valence-corrected chi connectivity index (χ1v) is 6.59. The van der Waals surface area contributed by atoms with Gasteiger partial charge in [-0.05, 0) is 29.7 Å². The van der Waals surface area contributed by atoms with Crippen molar-refractivity contribution in [2.24, 2.45) is 0 Å². The number of halogens is 1. The van der Waals surface area contributed by atoms with Crippen LogP contribution >= 0.6 is 0 Å². The molecular formula is C17H11FN2O. The molecule has 0 saturated carbocycles. The molecule has 1 heterocycles. The molecule has 0 aliphatic rings. The van der Waals surface area contributed by atoms with Gasteiger partial charge < -0.3 is 10.1 Å². The molecule has 2 N–H and O–H groups in total. The van der Waals surface area contributed by atoms with Crippen LogP contribution in [0.1, 0.15) is 0 Å². The number of hydrogen-bond donors (Lipinski definition) is 2. The van der Waals surface area contributed by atoms with E-state index in [9.17, 15) is 9.50 Å². The molecule has 21 heavy (non-hydrogen) atoms. The fourth-order valence-corrected chi connectivity index (χ4v) is 2.59. The molecule has 0 amide bonds. The quantitative estimate of drug-likeness (QED) is 0.547.